The van der Waals surface area contributed by atoms with Crippen LogP contribution in [0.25, 0.3) is 0 Å². The summed E-state index contributed by atoms with van der Waals surface area (Å²) in [7, 11) is 0. The Bertz CT molecular complexity index is 1130. The van der Waals surface area contributed by atoms with Crippen molar-refractivity contribution in [1.82, 2.24) is 0 Å². The summed E-state index contributed by atoms with van der Waals surface area (Å²) in [6.07, 6.45) is 54.7. The standard InChI is InChI=1S/C58H108O9/c1-3-5-7-9-11-13-15-17-19-21-23-24-25-26-27-28-29-31-33-35-37-39-41-43-45-47-54(60)66-52(51-65-58-57(63)56(62)55(61)53(49-59)67-58)50-64-48-46-44-42-40-38-36-34-32-30-22-20-18-16-14-12-10-8-6-4-2/h14,16,20-23,52-53,55-59,61-63H,3-13,15,17-19,24-51H2,1-2H3/b16-14-,22-20-,23-21-. The molecule has 0 aromatic rings. The first-order chi connectivity index (χ1) is 32.9. The van der Waals surface area contributed by atoms with E-state index in [1.54, 1.807) is 0 Å². The van der Waals surface area contributed by atoms with E-state index in [0.717, 1.165) is 38.5 Å². The molecule has 67 heavy (non-hydrogen) atoms. The molecule has 1 fully saturated rings. The minimum absolute atomic E-state index is 0.114. The maximum absolute atomic E-state index is 12.9. The van der Waals surface area contributed by atoms with Gasteiger partial charge in [-0.05, 0) is 70.6 Å². The third kappa shape index (κ3) is 39.8. The smallest absolute Gasteiger partial charge is 0.306 e. The zero-order chi connectivity index (χ0) is 48.5. The van der Waals surface area contributed by atoms with Crippen molar-refractivity contribution in [3.05, 3.63) is 36.5 Å². The Hall–Kier alpha value is -1.59. The van der Waals surface area contributed by atoms with Gasteiger partial charge in [0.2, 0.25) is 0 Å². The van der Waals surface area contributed by atoms with Crippen LogP contribution in [0.15, 0.2) is 36.5 Å². The number of carbonyl (C=O) groups is 1. The maximum atomic E-state index is 12.9. The van der Waals surface area contributed by atoms with Crippen LogP contribution in [0, 0.1) is 0 Å². The van der Waals surface area contributed by atoms with Crippen LogP contribution in [-0.4, -0.2) is 89.6 Å². The van der Waals surface area contributed by atoms with E-state index < -0.39 is 43.4 Å². The van der Waals surface area contributed by atoms with Crippen molar-refractivity contribution in [3.63, 3.8) is 0 Å². The lowest BCUT2D eigenvalue weighted by atomic mass is 9.99. The molecule has 1 aliphatic heterocycles. The van der Waals surface area contributed by atoms with Crippen molar-refractivity contribution >= 4 is 5.97 Å². The fourth-order valence-corrected chi connectivity index (χ4v) is 8.81. The molecule has 9 nitrogen and oxygen atoms in total. The molecule has 0 aliphatic carbocycles. The number of carbonyl (C=O) groups excluding carboxylic acids is 1. The van der Waals surface area contributed by atoms with Crippen LogP contribution < -0.4 is 0 Å². The molecule has 4 N–H and O–H groups in total. The van der Waals surface area contributed by atoms with Gasteiger partial charge in [-0.15, -0.1) is 0 Å². The first kappa shape index (κ1) is 63.4. The molecular formula is C58H108O9. The molecule has 1 aliphatic rings. The Morgan fingerprint density at radius 1 is 0.478 bits per heavy atom. The van der Waals surface area contributed by atoms with Gasteiger partial charge in [-0.3, -0.25) is 4.79 Å². The zero-order valence-electron chi connectivity index (χ0n) is 43.7. The van der Waals surface area contributed by atoms with Crippen LogP contribution in [0.3, 0.4) is 0 Å². The molecule has 0 saturated carbocycles. The van der Waals surface area contributed by atoms with Gasteiger partial charge in [-0.25, -0.2) is 0 Å². The second kappa shape index (κ2) is 49.4. The van der Waals surface area contributed by atoms with E-state index in [0.29, 0.717) is 13.0 Å². The Morgan fingerprint density at radius 3 is 1.31 bits per heavy atom. The van der Waals surface area contributed by atoms with Gasteiger partial charge in [0.1, 0.15) is 30.5 Å². The number of ether oxygens (including phenoxy) is 4. The molecule has 0 spiro atoms. The Balaban J connectivity index is 2.15. The Kier molecular flexibility index (Phi) is 46.8. The average Bonchev–Trinajstić information content (AvgIpc) is 3.33. The predicted molar refractivity (Wildman–Crippen MR) is 279 cm³/mol. The third-order valence-electron chi connectivity index (χ3n) is 13.3. The maximum Gasteiger partial charge on any atom is 0.306 e. The summed E-state index contributed by atoms with van der Waals surface area (Å²) in [5, 5.41) is 40.3. The van der Waals surface area contributed by atoms with Crippen molar-refractivity contribution < 1.29 is 44.2 Å². The molecular weight excluding hydrogens is 841 g/mol. The zero-order valence-corrected chi connectivity index (χ0v) is 43.7. The first-order valence-corrected chi connectivity index (χ1v) is 28.6. The molecule has 0 radical (unpaired) electrons. The second-order valence-electron chi connectivity index (χ2n) is 19.7. The summed E-state index contributed by atoms with van der Waals surface area (Å²) < 4.78 is 23.0. The lowest BCUT2D eigenvalue weighted by Crippen LogP contribution is -2.59. The Labute approximate surface area is 412 Å². The number of aliphatic hydroxyl groups is 4. The molecule has 394 valence electrons. The molecule has 0 bridgehead atoms. The van der Waals surface area contributed by atoms with Crippen molar-refractivity contribution in [2.75, 3.05) is 26.4 Å². The monoisotopic (exact) mass is 949 g/mol. The van der Waals surface area contributed by atoms with E-state index in [1.807, 2.05) is 0 Å². The summed E-state index contributed by atoms with van der Waals surface area (Å²) in [4.78, 5) is 12.9. The molecule has 0 aromatic heterocycles. The van der Waals surface area contributed by atoms with Crippen LogP contribution >= 0.6 is 0 Å². The number of hydrogen-bond donors (Lipinski definition) is 4. The van der Waals surface area contributed by atoms with Gasteiger partial charge in [0, 0.05) is 13.0 Å². The van der Waals surface area contributed by atoms with Crippen molar-refractivity contribution in [1.29, 1.82) is 0 Å². The van der Waals surface area contributed by atoms with Crippen molar-refractivity contribution in [2.24, 2.45) is 0 Å². The second-order valence-corrected chi connectivity index (χ2v) is 19.7. The molecule has 0 aromatic carbocycles. The van der Waals surface area contributed by atoms with E-state index in [9.17, 15) is 25.2 Å². The van der Waals surface area contributed by atoms with Gasteiger partial charge in [0.05, 0.1) is 19.8 Å². The van der Waals surface area contributed by atoms with Gasteiger partial charge in [0.25, 0.3) is 0 Å². The van der Waals surface area contributed by atoms with Gasteiger partial charge >= 0.3 is 5.97 Å². The van der Waals surface area contributed by atoms with Crippen LogP contribution in [0.5, 0.6) is 0 Å². The molecule has 1 saturated heterocycles. The third-order valence-corrected chi connectivity index (χ3v) is 13.3. The highest BCUT2D eigenvalue weighted by Gasteiger charge is 2.44. The molecule has 1 rings (SSSR count). The molecule has 1 heterocycles. The number of rotatable bonds is 50. The molecule has 6 atom stereocenters. The minimum Gasteiger partial charge on any atom is -0.457 e. The topological polar surface area (TPSA) is 135 Å². The molecule has 9 heteroatoms. The Morgan fingerprint density at radius 2 is 0.866 bits per heavy atom. The summed E-state index contributed by atoms with van der Waals surface area (Å²) in [6, 6.07) is 0. The van der Waals surface area contributed by atoms with Gasteiger partial charge in [-0.1, -0.05) is 224 Å². The van der Waals surface area contributed by atoms with E-state index in [2.05, 4.69) is 50.3 Å². The van der Waals surface area contributed by atoms with Crippen molar-refractivity contribution in [2.45, 2.75) is 301 Å². The fourth-order valence-electron chi connectivity index (χ4n) is 8.81. The van der Waals surface area contributed by atoms with Crippen LogP contribution in [0.1, 0.15) is 264 Å². The normalized spacial score (nSPS) is 19.4. The summed E-state index contributed by atoms with van der Waals surface area (Å²) in [6.45, 7) is 4.57. The van der Waals surface area contributed by atoms with Gasteiger partial charge < -0.3 is 39.4 Å². The average molecular weight is 949 g/mol. The predicted octanol–water partition coefficient (Wildman–Crippen LogP) is 14.7. The van der Waals surface area contributed by atoms with E-state index in [-0.39, 0.29) is 19.2 Å². The van der Waals surface area contributed by atoms with Crippen LogP contribution in [0.4, 0.5) is 0 Å². The summed E-state index contributed by atoms with van der Waals surface area (Å²) >= 11 is 0. The number of hydrogen-bond acceptors (Lipinski definition) is 9. The minimum atomic E-state index is -1.54. The largest absolute Gasteiger partial charge is 0.457 e. The number of allylic oxidation sites excluding steroid dienone is 6. The lowest BCUT2D eigenvalue weighted by molar-refractivity contribution is -0.305. The van der Waals surface area contributed by atoms with E-state index in [4.69, 9.17) is 18.9 Å². The molecule has 0 amide bonds. The highest BCUT2D eigenvalue weighted by Crippen LogP contribution is 2.23. The van der Waals surface area contributed by atoms with Crippen LogP contribution in [0.2, 0.25) is 0 Å². The number of esters is 1. The highest BCUT2D eigenvalue weighted by molar-refractivity contribution is 5.69. The molecule has 6 unspecified atom stereocenters. The van der Waals surface area contributed by atoms with Gasteiger partial charge in [-0.2, -0.15) is 0 Å². The first-order valence-electron chi connectivity index (χ1n) is 28.6. The van der Waals surface area contributed by atoms with Gasteiger partial charge in [0.15, 0.2) is 6.29 Å². The van der Waals surface area contributed by atoms with E-state index >= 15 is 0 Å². The van der Waals surface area contributed by atoms with Crippen molar-refractivity contribution in [3.8, 4) is 0 Å². The highest BCUT2D eigenvalue weighted by atomic mass is 16.7. The number of unbranched alkanes of at least 4 members (excludes halogenated alkanes) is 33. The van der Waals surface area contributed by atoms with Crippen LogP contribution in [-0.2, 0) is 23.7 Å². The summed E-state index contributed by atoms with van der Waals surface area (Å²) in [5.41, 5.74) is 0. The fraction of sp³-hybridized carbons (Fsp3) is 0.879. The SMILES string of the molecule is CCCCCC/C=C\C/C=C\CCCCCCCCCCOCC(COC1OC(CO)C(O)C(O)C1O)OC(=O)CCCCCCCCCCCCCCC/C=C\CCCCCCCCCC. The summed E-state index contributed by atoms with van der Waals surface area (Å²) in [5.74, 6) is -0.312. The quantitative estimate of drug-likeness (QED) is 0.0267. The number of aliphatic hydroxyl groups excluding tert-OH is 4. The van der Waals surface area contributed by atoms with E-state index in [1.165, 1.54) is 205 Å². The lowest BCUT2D eigenvalue weighted by Gasteiger charge is -2.39.